The molecule has 83 heavy (non-hydrogen) atoms. The average molecular weight is 1160 g/mol. The van der Waals surface area contributed by atoms with E-state index in [1.165, 1.54) is 231 Å². The molecule has 0 fully saturated rings. The van der Waals surface area contributed by atoms with Gasteiger partial charge in [-0.15, -0.1) is 0 Å². The third-order valence-corrected chi connectivity index (χ3v) is 15.8. The molecule has 0 heterocycles. The van der Waals surface area contributed by atoms with E-state index in [2.05, 4.69) is 106 Å². The van der Waals surface area contributed by atoms with Gasteiger partial charge >= 0.3 is 17.9 Å². The van der Waals surface area contributed by atoms with Gasteiger partial charge in [-0.25, -0.2) is 0 Å². The first-order valence-electron chi connectivity index (χ1n) is 36.1. The van der Waals surface area contributed by atoms with E-state index in [-0.39, 0.29) is 31.1 Å². The van der Waals surface area contributed by atoms with Crippen molar-refractivity contribution in [3.63, 3.8) is 0 Å². The summed E-state index contributed by atoms with van der Waals surface area (Å²) in [7, 11) is 0. The summed E-state index contributed by atoms with van der Waals surface area (Å²) in [5.41, 5.74) is 0. The van der Waals surface area contributed by atoms with E-state index in [4.69, 9.17) is 14.2 Å². The van der Waals surface area contributed by atoms with Gasteiger partial charge in [0.05, 0.1) is 0 Å². The standard InChI is InChI=1S/C77H136O6/c1-4-7-10-13-16-19-22-25-28-30-32-34-35-36-37-38-39-40-41-43-44-46-49-52-55-58-61-64-67-70-76(79)82-73-74(72-81-75(78)69-66-63-60-57-54-51-48-27-24-21-18-15-12-9-6-3)83-77(80)71-68-65-62-59-56-53-50-47-45-42-33-31-29-26-23-20-17-14-11-8-5-2/h18,21-23,25-27,30-33,35-36,48,74H,4-17,19-20,24,28-29,34,37-47,49-73H2,1-3H3/b21-18-,25-22-,26-23-,32-30-,33-31-,36-35-,48-27-. The van der Waals surface area contributed by atoms with Crippen molar-refractivity contribution in [2.24, 2.45) is 0 Å². The lowest BCUT2D eigenvalue weighted by molar-refractivity contribution is -0.167. The Balaban J connectivity index is 4.29. The van der Waals surface area contributed by atoms with E-state index in [0.29, 0.717) is 19.3 Å². The molecule has 0 saturated heterocycles. The zero-order valence-corrected chi connectivity index (χ0v) is 55.2. The number of rotatable bonds is 66. The Labute approximate surface area is 515 Å². The Bertz CT molecular complexity index is 1570. The molecule has 480 valence electrons. The molecule has 0 aliphatic carbocycles. The molecule has 0 amide bonds. The first kappa shape index (κ1) is 79.6. The molecule has 0 radical (unpaired) electrons. The molecule has 0 aliphatic rings. The van der Waals surface area contributed by atoms with E-state index in [0.717, 1.165) is 96.3 Å². The molecular formula is C77H136O6. The van der Waals surface area contributed by atoms with E-state index in [9.17, 15) is 14.4 Å². The maximum atomic E-state index is 13.0. The molecule has 0 rings (SSSR count). The van der Waals surface area contributed by atoms with Crippen LogP contribution in [0.25, 0.3) is 0 Å². The number of esters is 3. The Kier molecular flexibility index (Phi) is 68.2. The van der Waals surface area contributed by atoms with Gasteiger partial charge in [0.15, 0.2) is 6.10 Å². The minimum absolute atomic E-state index is 0.0810. The highest BCUT2D eigenvalue weighted by Crippen LogP contribution is 2.17. The van der Waals surface area contributed by atoms with Gasteiger partial charge in [-0.2, -0.15) is 0 Å². The summed E-state index contributed by atoms with van der Waals surface area (Å²) in [6.45, 7) is 6.62. The summed E-state index contributed by atoms with van der Waals surface area (Å²) in [5.74, 6) is -0.882. The Hall–Kier alpha value is -3.41. The highest BCUT2D eigenvalue weighted by Gasteiger charge is 2.19. The molecule has 1 atom stereocenters. The maximum absolute atomic E-state index is 13.0. The summed E-state index contributed by atoms with van der Waals surface area (Å²) >= 11 is 0. The molecule has 0 aromatic heterocycles. The van der Waals surface area contributed by atoms with Crippen molar-refractivity contribution in [1.82, 2.24) is 0 Å². The van der Waals surface area contributed by atoms with Gasteiger partial charge in [0.2, 0.25) is 0 Å². The Morgan fingerprint density at radius 2 is 0.434 bits per heavy atom. The predicted molar refractivity (Wildman–Crippen MR) is 362 cm³/mol. The normalized spacial score (nSPS) is 12.6. The van der Waals surface area contributed by atoms with Gasteiger partial charge < -0.3 is 14.2 Å². The molecule has 6 nitrogen and oxygen atoms in total. The third-order valence-electron chi connectivity index (χ3n) is 15.8. The molecule has 0 aromatic carbocycles. The van der Waals surface area contributed by atoms with Crippen LogP contribution < -0.4 is 0 Å². The summed E-state index contributed by atoms with van der Waals surface area (Å²) in [4.78, 5) is 38.5. The molecule has 0 spiro atoms. The number of hydrogen-bond donors (Lipinski definition) is 0. The van der Waals surface area contributed by atoms with Crippen molar-refractivity contribution in [3.05, 3.63) is 85.1 Å². The number of hydrogen-bond acceptors (Lipinski definition) is 6. The number of carbonyl (C=O) groups excluding carboxylic acids is 3. The van der Waals surface area contributed by atoms with Crippen molar-refractivity contribution < 1.29 is 28.6 Å². The highest BCUT2D eigenvalue weighted by atomic mass is 16.6. The minimum Gasteiger partial charge on any atom is -0.462 e. The topological polar surface area (TPSA) is 78.9 Å². The first-order chi connectivity index (χ1) is 41.0. The quantitative estimate of drug-likeness (QED) is 0.0261. The molecule has 0 aliphatic heterocycles. The van der Waals surface area contributed by atoms with Crippen molar-refractivity contribution in [3.8, 4) is 0 Å². The van der Waals surface area contributed by atoms with E-state index >= 15 is 0 Å². The van der Waals surface area contributed by atoms with Crippen LogP contribution in [0.5, 0.6) is 0 Å². The van der Waals surface area contributed by atoms with Gasteiger partial charge in [0.1, 0.15) is 13.2 Å². The summed E-state index contributed by atoms with van der Waals surface area (Å²) in [6.07, 6.45) is 94.6. The minimum atomic E-state index is -0.787. The van der Waals surface area contributed by atoms with Crippen molar-refractivity contribution >= 4 is 17.9 Å². The lowest BCUT2D eigenvalue weighted by atomic mass is 10.0. The lowest BCUT2D eigenvalue weighted by Crippen LogP contribution is -2.30. The van der Waals surface area contributed by atoms with Crippen LogP contribution in [0.3, 0.4) is 0 Å². The van der Waals surface area contributed by atoms with E-state index in [1.54, 1.807) is 0 Å². The molecule has 1 unspecified atom stereocenters. The SMILES string of the molecule is CCCCC/C=C\C/C=C\CCCCCCCC(=O)OCC(COC(=O)CCCCCCCCCCCCCCCC/C=C\C/C=C\C/C=C\CCCCCCC)OC(=O)CCCCCCCCCCC/C=C\C/C=C\CCCCCCC. The monoisotopic (exact) mass is 1160 g/mol. The molecule has 0 N–H and O–H groups in total. The van der Waals surface area contributed by atoms with Gasteiger partial charge in [-0.3, -0.25) is 14.4 Å². The Morgan fingerprint density at radius 3 is 0.699 bits per heavy atom. The van der Waals surface area contributed by atoms with E-state index < -0.39 is 6.10 Å². The molecule has 0 aromatic rings. The van der Waals surface area contributed by atoms with Crippen LogP contribution in [0.2, 0.25) is 0 Å². The van der Waals surface area contributed by atoms with Crippen LogP contribution in [-0.2, 0) is 28.6 Å². The summed E-state index contributed by atoms with van der Waals surface area (Å²) < 4.78 is 17.0. The van der Waals surface area contributed by atoms with Crippen molar-refractivity contribution in [2.45, 2.75) is 374 Å². The average Bonchev–Trinajstić information content (AvgIpc) is 3.49. The summed E-state index contributed by atoms with van der Waals surface area (Å²) in [5, 5.41) is 0. The second-order valence-corrected chi connectivity index (χ2v) is 24.1. The summed E-state index contributed by atoms with van der Waals surface area (Å²) in [6, 6.07) is 0. The molecule has 0 bridgehead atoms. The number of allylic oxidation sites excluding steroid dienone is 14. The highest BCUT2D eigenvalue weighted by molar-refractivity contribution is 5.71. The van der Waals surface area contributed by atoms with Crippen LogP contribution in [0.15, 0.2) is 85.1 Å². The van der Waals surface area contributed by atoms with Gasteiger partial charge in [0.25, 0.3) is 0 Å². The Morgan fingerprint density at radius 1 is 0.241 bits per heavy atom. The number of unbranched alkanes of at least 4 members (excludes halogenated alkanes) is 41. The smallest absolute Gasteiger partial charge is 0.306 e. The van der Waals surface area contributed by atoms with Crippen LogP contribution in [0, 0.1) is 0 Å². The first-order valence-corrected chi connectivity index (χ1v) is 36.1. The lowest BCUT2D eigenvalue weighted by Gasteiger charge is -2.18. The van der Waals surface area contributed by atoms with Crippen LogP contribution in [-0.4, -0.2) is 37.2 Å². The fourth-order valence-electron chi connectivity index (χ4n) is 10.4. The van der Waals surface area contributed by atoms with Crippen molar-refractivity contribution in [1.29, 1.82) is 0 Å². The maximum Gasteiger partial charge on any atom is 0.306 e. The van der Waals surface area contributed by atoms with Gasteiger partial charge in [-0.05, 0) is 122 Å². The predicted octanol–water partition coefficient (Wildman–Crippen LogP) is 25.0. The molecule has 6 heteroatoms. The van der Waals surface area contributed by atoms with Crippen molar-refractivity contribution in [2.75, 3.05) is 13.2 Å². The number of carbonyl (C=O) groups is 3. The zero-order chi connectivity index (χ0) is 59.9. The van der Waals surface area contributed by atoms with Gasteiger partial charge in [0, 0.05) is 19.3 Å². The number of ether oxygens (including phenoxy) is 3. The second-order valence-electron chi connectivity index (χ2n) is 24.1. The third kappa shape index (κ3) is 69.3. The van der Waals surface area contributed by atoms with Crippen LogP contribution in [0.1, 0.15) is 367 Å². The van der Waals surface area contributed by atoms with Crippen LogP contribution >= 0.6 is 0 Å². The van der Waals surface area contributed by atoms with Crippen LogP contribution in [0.4, 0.5) is 0 Å². The zero-order valence-electron chi connectivity index (χ0n) is 55.2. The largest absolute Gasteiger partial charge is 0.462 e. The molecule has 0 saturated carbocycles. The van der Waals surface area contributed by atoms with Gasteiger partial charge in [-0.1, -0.05) is 311 Å². The fraction of sp³-hybridized carbons (Fsp3) is 0.779. The van der Waals surface area contributed by atoms with E-state index in [1.807, 2.05) is 0 Å². The fourth-order valence-corrected chi connectivity index (χ4v) is 10.4. The second kappa shape index (κ2) is 71.1. The molecular weight excluding hydrogens is 1020 g/mol.